The van der Waals surface area contributed by atoms with E-state index in [4.69, 9.17) is 0 Å². The third-order valence-electron chi connectivity index (χ3n) is 18.2. The number of halogens is 2. The molecule has 8 heterocycles. The molecular formula is C60H83F2N13O5S. The largest absolute Gasteiger partial charge is 0.391 e. The average molecular weight is 1140 g/mol. The van der Waals surface area contributed by atoms with Crippen LogP contribution in [0.3, 0.4) is 0 Å². The summed E-state index contributed by atoms with van der Waals surface area (Å²) in [5.74, 6) is -0.626. The van der Waals surface area contributed by atoms with E-state index >= 15 is 8.78 Å². The number of carbonyl (C=O) groups is 4. The zero-order chi connectivity index (χ0) is 57.4. The highest BCUT2D eigenvalue weighted by Gasteiger charge is 2.47. The van der Waals surface area contributed by atoms with Gasteiger partial charge in [0.25, 0.3) is 0 Å². The highest BCUT2D eigenvalue weighted by molar-refractivity contribution is 7.13. The Morgan fingerprint density at radius 3 is 2.26 bits per heavy atom. The molecule has 2 aromatic heterocycles. The Labute approximate surface area is 479 Å². The number of thiazole rings is 1. The number of nitrogens with zero attached hydrogens (tertiary/aromatic N) is 9. The van der Waals surface area contributed by atoms with E-state index in [1.165, 1.54) is 17.0 Å². The van der Waals surface area contributed by atoms with Gasteiger partial charge in [0.15, 0.2) is 0 Å². The van der Waals surface area contributed by atoms with Crippen LogP contribution in [0.15, 0.2) is 54.3 Å². The number of nitrogens with one attached hydrogen (secondary N) is 4. The first kappa shape index (κ1) is 58.3. The van der Waals surface area contributed by atoms with Crippen molar-refractivity contribution < 1.29 is 33.1 Å². The topological polar surface area (TPSA) is 195 Å². The first-order valence-electron chi connectivity index (χ1n) is 29.1. The molecule has 2 spiro atoms. The number of rotatable bonds is 16. The van der Waals surface area contributed by atoms with E-state index in [1.807, 2.05) is 70.5 Å². The molecule has 18 nitrogen and oxygen atoms in total. The molecule has 10 rings (SSSR count). The van der Waals surface area contributed by atoms with E-state index < -0.39 is 40.8 Å². The number of anilines is 3. The minimum atomic E-state index is -0.911. The minimum Gasteiger partial charge on any atom is -0.391 e. The first-order valence-corrected chi connectivity index (χ1v) is 30.0. The number of piperidine rings is 2. The number of hydrogen-bond acceptors (Lipinski definition) is 15. The van der Waals surface area contributed by atoms with Crippen molar-refractivity contribution in [1.29, 1.82) is 0 Å². The predicted octanol–water partition coefficient (Wildman–Crippen LogP) is 5.96. The van der Waals surface area contributed by atoms with Crippen LogP contribution in [0, 0.1) is 34.8 Å². The van der Waals surface area contributed by atoms with Crippen molar-refractivity contribution in [2.45, 2.75) is 130 Å². The maximum absolute atomic E-state index is 15.8. The van der Waals surface area contributed by atoms with Crippen molar-refractivity contribution >= 4 is 52.3 Å². The lowest BCUT2D eigenvalue weighted by Crippen LogP contribution is -2.66. The first-order chi connectivity index (χ1) is 38.5. The van der Waals surface area contributed by atoms with Gasteiger partial charge in [-0.15, -0.1) is 11.3 Å². The molecular weight excluding hydrogens is 1050 g/mol. The average Bonchev–Trinajstić information content (AvgIpc) is 4.27. The Hall–Kier alpha value is -5.87. The molecule has 6 saturated heterocycles. The van der Waals surface area contributed by atoms with Crippen LogP contribution in [0.4, 0.5) is 26.1 Å². The molecule has 0 aliphatic carbocycles. The van der Waals surface area contributed by atoms with Gasteiger partial charge < -0.3 is 46.0 Å². The maximum Gasteiger partial charge on any atom is 0.246 e. The number of β-amino-alcohol motifs (C(OH)–C–C–N with tert-alkyl or cyclic N) is 1. The van der Waals surface area contributed by atoms with Crippen molar-refractivity contribution in [2.75, 3.05) is 107 Å². The summed E-state index contributed by atoms with van der Waals surface area (Å²) >= 11 is 1.58. The van der Waals surface area contributed by atoms with Gasteiger partial charge >= 0.3 is 0 Å². The summed E-state index contributed by atoms with van der Waals surface area (Å²) < 4.78 is 31.4. The second-order valence-corrected chi connectivity index (χ2v) is 26.9. The summed E-state index contributed by atoms with van der Waals surface area (Å²) in [6, 6.07) is 10.4. The number of likely N-dealkylation sites (tertiary alicyclic amines) is 4. The Morgan fingerprint density at radius 1 is 0.852 bits per heavy atom. The van der Waals surface area contributed by atoms with Gasteiger partial charge in [0.05, 0.1) is 52.5 Å². The van der Waals surface area contributed by atoms with Crippen LogP contribution in [-0.2, 0) is 25.7 Å². The lowest BCUT2D eigenvalue weighted by molar-refractivity contribution is -0.144. The van der Waals surface area contributed by atoms with Crippen LogP contribution < -0.4 is 31.1 Å². The Morgan fingerprint density at radius 2 is 1.56 bits per heavy atom. The standard InChI is InChI=1S/C60H83F2N13O5S/c1-39(41-8-10-42(11-9-41)53-40(2)66-38-81-53)67-55(79)48-27-44(76)31-75(48)56(80)54(57(3,4)5)68-51(77)32-72-22-15-59(35-72)14-21-71(34-59)25-18-63-49-29-50(65-37-64-49)73-23-16-60(17-24-73)36-74(33-52(78)69-60)47-28-45(61)43(26-46(47)62)30-70-19-12-58(6,7)13-20-70/h8-11,26,28-29,37-39,44,48,54,76H,12-25,27,30-36H2,1-7H3,(H,67,79)(H,68,77)(H,69,78)(H,63,64,65)/t39-,44+,48-,54+,59+/m0/s1. The zero-order valence-corrected chi connectivity index (χ0v) is 49.1. The molecule has 5 atom stereocenters. The highest BCUT2D eigenvalue weighted by Crippen LogP contribution is 2.40. The van der Waals surface area contributed by atoms with Crippen LogP contribution in [-0.4, -0.2) is 179 Å². The normalized spacial score (nSPS) is 24.2. The van der Waals surface area contributed by atoms with Gasteiger partial charge in [0.1, 0.15) is 41.7 Å². The van der Waals surface area contributed by atoms with E-state index in [1.54, 1.807) is 22.6 Å². The van der Waals surface area contributed by atoms with E-state index in [0.717, 1.165) is 105 Å². The van der Waals surface area contributed by atoms with Crippen molar-refractivity contribution in [2.24, 2.45) is 16.2 Å². The van der Waals surface area contributed by atoms with Crippen LogP contribution in [0.1, 0.15) is 109 Å². The second-order valence-electron chi connectivity index (χ2n) is 26.1. The molecule has 81 heavy (non-hydrogen) atoms. The minimum absolute atomic E-state index is 0.00561. The van der Waals surface area contributed by atoms with Gasteiger partial charge in [0, 0.05) is 83.0 Å². The summed E-state index contributed by atoms with van der Waals surface area (Å²) in [6.07, 6.45) is 6.06. The number of carbonyl (C=O) groups excluding carboxylic acids is 4. The highest BCUT2D eigenvalue weighted by atomic mass is 32.1. The molecule has 0 radical (unpaired) electrons. The fraction of sp³-hybridized carbons (Fsp3) is 0.617. The summed E-state index contributed by atoms with van der Waals surface area (Å²) in [5, 5.41) is 23.6. The van der Waals surface area contributed by atoms with Crippen LogP contribution in [0.2, 0.25) is 0 Å². The number of aliphatic hydroxyl groups excluding tert-OH is 1. The lowest BCUT2D eigenvalue weighted by Gasteiger charge is -2.48. The number of amides is 4. The van der Waals surface area contributed by atoms with Gasteiger partial charge in [-0.2, -0.15) is 0 Å². The van der Waals surface area contributed by atoms with Crippen LogP contribution in [0.25, 0.3) is 10.4 Å². The number of piperazine rings is 1. The third-order valence-corrected chi connectivity index (χ3v) is 19.2. The van der Waals surface area contributed by atoms with Gasteiger partial charge in [-0.1, -0.05) is 58.9 Å². The Bertz CT molecular complexity index is 2920. The summed E-state index contributed by atoms with van der Waals surface area (Å²) in [5.41, 5.74) is 4.30. The Balaban J connectivity index is 0.664. The molecule has 4 amide bonds. The molecule has 6 aliphatic rings. The molecule has 6 fully saturated rings. The summed E-state index contributed by atoms with van der Waals surface area (Å²) in [4.78, 5) is 82.0. The SMILES string of the molecule is Cc1ncsc1-c1ccc([C@H](C)NC(=O)[C@@H]2C[C@@H](O)CN2C(=O)[C@@H](NC(=O)CN2CC[C@@]3(CCN(CCNc4cc(N5CCC6(CC5)CN(c5cc(F)c(CN7CCC(C)(C)CC7)cc5F)CC(=O)N6)ncn4)C3)C2)C(C)(C)C)cc1. The van der Waals surface area contributed by atoms with Crippen LogP contribution >= 0.6 is 11.3 Å². The molecule has 6 aliphatic heterocycles. The summed E-state index contributed by atoms with van der Waals surface area (Å²) in [7, 11) is 0. The number of aromatic nitrogens is 3. The van der Waals surface area contributed by atoms with Gasteiger partial charge in [0.2, 0.25) is 23.6 Å². The molecule has 4 aromatic rings. The van der Waals surface area contributed by atoms with Gasteiger partial charge in [-0.25, -0.2) is 23.7 Å². The zero-order valence-electron chi connectivity index (χ0n) is 48.3. The monoisotopic (exact) mass is 1140 g/mol. The molecule has 0 saturated carbocycles. The Kier molecular flexibility index (Phi) is 17.1. The maximum atomic E-state index is 15.8. The number of aryl methyl sites for hydroxylation is 1. The fourth-order valence-electron chi connectivity index (χ4n) is 13.2. The molecule has 5 N–H and O–H groups in total. The van der Waals surface area contributed by atoms with E-state index in [9.17, 15) is 24.3 Å². The van der Waals surface area contributed by atoms with Crippen LogP contribution in [0.5, 0.6) is 0 Å². The molecule has 438 valence electrons. The number of benzene rings is 2. The van der Waals surface area contributed by atoms with Gasteiger partial charge in [-0.3, -0.25) is 29.0 Å². The number of hydrogen-bond donors (Lipinski definition) is 5. The molecule has 0 bridgehead atoms. The predicted molar refractivity (Wildman–Crippen MR) is 311 cm³/mol. The molecule has 2 aromatic carbocycles. The van der Waals surface area contributed by atoms with Crippen molar-refractivity contribution in [3.05, 3.63) is 82.8 Å². The van der Waals surface area contributed by atoms with Crippen molar-refractivity contribution in [3.63, 3.8) is 0 Å². The third kappa shape index (κ3) is 13.6. The second kappa shape index (κ2) is 23.8. The lowest BCUT2D eigenvalue weighted by atomic mass is 9.82. The van der Waals surface area contributed by atoms with E-state index in [0.29, 0.717) is 51.1 Å². The fourth-order valence-corrected chi connectivity index (χ4v) is 14.0. The smallest absolute Gasteiger partial charge is 0.246 e. The number of aliphatic hydroxyl groups is 1. The van der Waals surface area contributed by atoms with Crippen molar-refractivity contribution in [1.82, 2.24) is 50.5 Å². The van der Waals surface area contributed by atoms with E-state index in [-0.39, 0.29) is 72.2 Å². The quantitative estimate of drug-likeness (QED) is 0.0882. The molecule has 21 heteroatoms. The van der Waals surface area contributed by atoms with Crippen molar-refractivity contribution in [3.8, 4) is 10.4 Å². The van der Waals surface area contributed by atoms with Gasteiger partial charge in [-0.05, 0) is 112 Å². The van der Waals surface area contributed by atoms with E-state index in [2.05, 4.69) is 69.7 Å². The molecule has 0 unspecified atom stereocenters. The summed E-state index contributed by atoms with van der Waals surface area (Å²) in [6.45, 7) is 22.8.